The van der Waals surface area contributed by atoms with E-state index in [1.807, 2.05) is 30.3 Å². The molecule has 3 aromatic rings. The van der Waals surface area contributed by atoms with Crippen molar-refractivity contribution in [1.82, 2.24) is 20.2 Å². The molecular weight excluding hydrogens is 364 g/mol. The van der Waals surface area contributed by atoms with E-state index in [2.05, 4.69) is 25.6 Å². The number of ether oxygens (including phenoxy) is 1. The summed E-state index contributed by atoms with van der Waals surface area (Å²) in [7, 11) is 0. The van der Waals surface area contributed by atoms with Gasteiger partial charge in [-0.25, -0.2) is 0 Å². The van der Waals surface area contributed by atoms with Gasteiger partial charge in [-0.3, -0.25) is 4.79 Å². The van der Waals surface area contributed by atoms with E-state index < -0.39 is 6.61 Å². The molecule has 1 heterocycles. The summed E-state index contributed by atoms with van der Waals surface area (Å²) in [5, 5.41) is 14.6. The molecule has 0 bridgehead atoms. The van der Waals surface area contributed by atoms with Crippen LogP contribution >= 0.6 is 11.8 Å². The number of rotatable bonds is 7. The van der Waals surface area contributed by atoms with Gasteiger partial charge in [0.05, 0.1) is 11.4 Å². The lowest BCUT2D eigenvalue weighted by Crippen LogP contribution is -2.14. The van der Waals surface area contributed by atoms with Gasteiger partial charge in [-0.05, 0) is 46.8 Å². The van der Waals surface area contributed by atoms with Gasteiger partial charge in [-0.2, -0.15) is 13.5 Å². The predicted molar refractivity (Wildman–Crippen MR) is 91.6 cm³/mol. The lowest BCUT2D eigenvalue weighted by molar-refractivity contribution is -0.113. The van der Waals surface area contributed by atoms with Crippen molar-refractivity contribution in [2.24, 2.45) is 0 Å². The lowest BCUT2D eigenvalue weighted by Gasteiger charge is -2.07. The molecule has 0 aliphatic heterocycles. The van der Waals surface area contributed by atoms with Gasteiger partial charge in [-0.1, -0.05) is 30.0 Å². The van der Waals surface area contributed by atoms with Crippen LogP contribution in [0, 0.1) is 0 Å². The number of benzene rings is 2. The maximum Gasteiger partial charge on any atom is 0.387 e. The number of nitrogens with zero attached hydrogens (tertiary/aromatic N) is 4. The van der Waals surface area contributed by atoms with Gasteiger partial charge in [0.25, 0.3) is 0 Å². The van der Waals surface area contributed by atoms with Gasteiger partial charge in [0.15, 0.2) is 0 Å². The third-order valence-electron chi connectivity index (χ3n) is 3.14. The molecule has 0 spiro atoms. The predicted octanol–water partition coefficient (Wildman–Crippen LogP) is 2.99. The Morgan fingerprint density at radius 2 is 1.88 bits per heavy atom. The fourth-order valence-electron chi connectivity index (χ4n) is 2.05. The first-order chi connectivity index (χ1) is 12.6. The number of halogens is 2. The fraction of sp³-hybridized carbons (Fsp3) is 0.125. The summed E-state index contributed by atoms with van der Waals surface area (Å²) in [5.74, 6) is -0.169. The summed E-state index contributed by atoms with van der Waals surface area (Å²) in [6.07, 6.45) is 0. The van der Waals surface area contributed by atoms with E-state index in [4.69, 9.17) is 0 Å². The quantitative estimate of drug-likeness (QED) is 0.638. The van der Waals surface area contributed by atoms with E-state index in [1.54, 1.807) is 0 Å². The second-order valence-electron chi connectivity index (χ2n) is 4.95. The molecule has 2 aromatic carbocycles. The van der Waals surface area contributed by atoms with Gasteiger partial charge < -0.3 is 10.1 Å². The average molecular weight is 377 g/mol. The van der Waals surface area contributed by atoms with Crippen LogP contribution in [-0.2, 0) is 4.79 Å². The normalized spacial score (nSPS) is 10.7. The van der Waals surface area contributed by atoms with E-state index in [-0.39, 0.29) is 17.4 Å². The van der Waals surface area contributed by atoms with Gasteiger partial charge in [0.1, 0.15) is 5.75 Å². The first-order valence-corrected chi connectivity index (χ1v) is 8.42. The molecule has 3 rings (SSSR count). The van der Waals surface area contributed by atoms with Crippen molar-refractivity contribution >= 4 is 23.4 Å². The lowest BCUT2D eigenvalue weighted by atomic mass is 10.3. The Morgan fingerprint density at radius 3 is 2.58 bits per heavy atom. The zero-order valence-corrected chi connectivity index (χ0v) is 14.1. The van der Waals surface area contributed by atoms with Crippen LogP contribution in [0.3, 0.4) is 0 Å². The molecular formula is C16H13F2N5O2S. The van der Waals surface area contributed by atoms with Crippen molar-refractivity contribution < 1.29 is 18.3 Å². The molecule has 7 nitrogen and oxygen atoms in total. The number of aromatic nitrogens is 4. The number of amides is 1. The van der Waals surface area contributed by atoms with Crippen LogP contribution in [-0.4, -0.2) is 38.5 Å². The van der Waals surface area contributed by atoms with Gasteiger partial charge in [0.2, 0.25) is 11.1 Å². The number of carbonyl (C=O) groups is 1. The number of anilines is 1. The van der Waals surface area contributed by atoms with Crippen molar-refractivity contribution in [3.05, 3.63) is 54.6 Å². The van der Waals surface area contributed by atoms with Crippen molar-refractivity contribution in [3.8, 4) is 11.4 Å². The maximum atomic E-state index is 12.1. The smallest absolute Gasteiger partial charge is 0.387 e. The van der Waals surface area contributed by atoms with Crippen LogP contribution in [0.5, 0.6) is 5.75 Å². The molecule has 0 aliphatic rings. The number of alkyl halides is 2. The van der Waals surface area contributed by atoms with E-state index in [0.29, 0.717) is 10.8 Å². The standard InChI is InChI=1S/C16H13F2N5O2S/c17-15(18)25-13-8-6-11(7-9-13)19-14(24)10-26-16-20-21-22-23(16)12-4-2-1-3-5-12/h1-9,15H,10H2,(H,19,24). The molecule has 1 aromatic heterocycles. The van der Waals surface area contributed by atoms with E-state index in [1.165, 1.54) is 40.7 Å². The minimum Gasteiger partial charge on any atom is -0.435 e. The molecule has 134 valence electrons. The highest BCUT2D eigenvalue weighted by Gasteiger charge is 2.12. The molecule has 1 N–H and O–H groups in total. The third kappa shape index (κ3) is 4.76. The number of thioether (sulfide) groups is 1. The molecule has 0 saturated carbocycles. The molecule has 1 amide bonds. The Bertz CT molecular complexity index is 859. The third-order valence-corrected chi connectivity index (χ3v) is 4.06. The molecule has 0 fully saturated rings. The SMILES string of the molecule is O=C(CSc1nnnn1-c1ccccc1)Nc1ccc(OC(F)F)cc1. The monoisotopic (exact) mass is 377 g/mol. The number of tetrazole rings is 1. The average Bonchev–Trinajstić information content (AvgIpc) is 3.11. The Kier molecular flexibility index (Phi) is 5.74. The molecule has 0 atom stereocenters. The first kappa shape index (κ1) is 17.8. The summed E-state index contributed by atoms with van der Waals surface area (Å²) in [6, 6.07) is 15.0. The zero-order chi connectivity index (χ0) is 18.4. The van der Waals surface area contributed by atoms with Gasteiger partial charge >= 0.3 is 6.61 Å². The summed E-state index contributed by atoms with van der Waals surface area (Å²) in [4.78, 5) is 12.1. The Labute approximate surface area is 151 Å². The highest BCUT2D eigenvalue weighted by molar-refractivity contribution is 7.99. The summed E-state index contributed by atoms with van der Waals surface area (Å²) >= 11 is 1.18. The van der Waals surface area contributed by atoms with Crippen LogP contribution in [0.4, 0.5) is 14.5 Å². The molecule has 0 radical (unpaired) electrons. The maximum absolute atomic E-state index is 12.1. The largest absolute Gasteiger partial charge is 0.435 e. The molecule has 10 heteroatoms. The van der Waals surface area contributed by atoms with Crippen LogP contribution in [0.15, 0.2) is 59.8 Å². The minimum absolute atomic E-state index is 0.0226. The molecule has 0 saturated heterocycles. The minimum atomic E-state index is -2.89. The second kappa shape index (κ2) is 8.39. The van der Waals surface area contributed by atoms with Crippen LogP contribution < -0.4 is 10.1 Å². The van der Waals surface area contributed by atoms with Gasteiger partial charge in [-0.15, -0.1) is 5.10 Å². The van der Waals surface area contributed by atoms with Crippen LogP contribution in [0.2, 0.25) is 0 Å². The highest BCUT2D eigenvalue weighted by atomic mass is 32.2. The Balaban J connectivity index is 1.56. The van der Waals surface area contributed by atoms with Crippen molar-refractivity contribution in [2.75, 3.05) is 11.1 Å². The first-order valence-electron chi connectivity index (χ1n) is 7.43. The number of hydrogen-bond acceptors (Lipinski definition) is 6. The Hall–Kier alpha value is -3.01. The second-order valence-corrected chi connectivity index (χ2v) is 5.89. The van der Waals surface area contributed by atoms with E-state index >= 15 is 0 Å². The number of para-hydroxylation sites is 1. The number of carbonyl (C=O) groups excluding carboxylic acids is 1. The highest BCUT2D eigenvalue weighted by Crippen LogP contribution is 2.20. The number of nitrogens with one attached hydrogen (secondary N) is 1. The summed E-state index contributed by atoms with van der Waals surface area (Å²) < 4.78 is 30.0. The Morgan fingerprint density at radius 1 is 1.15 bits per heavy atom. The van der Waals surface area contributed by atoms with Crippen LogP contribution in [0.1, 0.15) is 0 Å². The van der Waals surface area contributed by atoms with Gasteiger partial charge in [0, 0.05) is 5.69 Å². The van der Waals surface area contributed by atoms with Crippen molar-refractivity contribution in [2.45, 2.75) is 11.8 Å². The zero-order valence-electron chi connectivity index (χ0n) is 13.3. The molecule has 0 unspecified atom stereocenters. The topological polar surface area (TPSA) is 81.9 Å². The fourth-order valence-corrected chi connectivity index (χ4v) is 2.74. The van der Waals surface area contributed by atoms with E-state index in [0.717, 1.165) is 5.69 Å². The summed E-state index contributed by atoms with van der Waals surface area (Å²) in [6.45, 7) is -2.89. The molecule has 0 aliphatic carbocycles. The van der Waals surface area contributed by atoms with Crippen LogP contribution in [0.25, 0.3) is 5.69 Å². The number of hydrogen-bond donors (Lipinski definition) is 1. The molecule has 26 heavy (non-hydrogen) atoms. The van der Waals surface area contributed by atoms with Crippen molar-refractivity contribution in [1.29, 1.82) is 0 Å². The van der Waals surface area contributed by atoms with Crippen molar-refractivity contribution in [3.63, 3.8) is 0 Å². The van der Waals surface area contributed by atoms with E-state index in [9.17, 15) is 13.6 Å². The summed E-state index contributed by atoms with van der Waals surface area (Å²) in [5.41, 5.74) is 1.26.